The van der Waals surface area contributed by atoms with E-state index in [1.807, 2.05) is 31.2 Å². The molecule has 0 aliphatic heterocycles. The quantitative estimate of drug-likeness (QED) is 0.448. The Morgan fingerprint density at radius 1 is 1.23 bits per heavy atom. The minimum Gasteiger partial charge on any atom is -0.258 e. The number of fused-ring (bicyclic) bond motifs is 1. The maximum atomic E-state index is 10.6. The summed E-state index contributed by atoms with van der Waals surface area (Å²) in [5, 5.41) is 15.6. The minimum atomic E-state index is -0.421. The number of nitrogens with zero attached hydrogens (tertiary/aromatic N) is 3. The molecule has 0 spiro atoms. The van der Waals surface area contributed by atoms with Crippen LogP contribution >= 0.6 is 11.3 Å². The second-order valence-corrected chi connectivity index (χ2v) is 5.63. The summed E-state index contributed by atoms with van der Waals surface area (Å²) in [6, 6.07) is 14.1. The number of thiazole rings is 1. The standard InChI is InChI=1S/C15H12N4O2S/c1-10(11-6-8-12(9-7-11)19(20)21)17-18-15-16-13-4-2-3-5-14(13)22-15/h2-9H,1H3,(H,16,18)/b17-10-. The van der Waals surface area contributed by atoms with Gasteiger partial charge in [0.2, 0.25) is 5.13 Å². The number of hydrazone groups is 1. The Morgan fingerprint density at radius 2 is 1.95 bits per heavy atom. The molecule has 6 nitrogen and oxygen atoms in total. The zero-order valence-electron chi connectivity index (χ0n) is 11.7. The summed E-state index contributed by atoms with van der Waals surface area (Å²) in [7, 11) is 0. The van der Waals surface area contributed by atoms with Gasteiger partial charge < -0.3 is 0 Å². The molecular formula is C15H12N4O2S. The van der Waals surface area contributed by atoms with E-state index < -0.39 is 4.92 Å². The van der Waals surface area contributed by atoms with Gasteiger partial charge in [0.15, 0.2) is 0 Å². The Morgan fingerprint density at radius 3 is 2.64 bits per heavy atom. The zero-order valence-corrected chi connectivity index (χ0v) is 12.5. The van der Waals surface area contributed by atoms with Crippen LogP contribution in [-0.2, 0) is 0 Å². The molecule has 0 saturated carbocycles. The van der Waals surface area contributed by atoms with Gasteiger partial charge in [-0.25, -0.2) is 4.98 Å². The molecule has 22 heavy (non-hydrogen) atoms. The van der Waals surface area contributed by atoms with Crippen molar-refractivity contribution in [3.05, 3.63) is 64.2 Å². The summed E-state index contributed by atoms with van der Waals surface area (Å²) in [6.07, 6.45) is 0. The van der Waals surface area contributed by atoms with Crippen LogP contribution in [0.15, 0.2) is 53.6 Å². The van der Waals surface area contributed by atoms with E-state index in [0.717, 1.165) is 21.5 Å². The highest BCUT2D eigenvalue weighted by molar-refractivity contribution is 7.22. The molecule has 0 bridgehead atoms. The van der Waals surface area contributed by atoms with Crippen LogP contribution in [0, 0.1) is 10.1 Å². The van der Waals surface area contributed by atoms with E-state index in [0.29, 0.717) is 5.13 Å². The van der Waals surface area contributed by atoms with Crippen molar-refractivity contribution in [2.45, 2.75) is 6.92 Å². The van der Waals surface area contributed by atoms with Crippen molar-refractivity contribution in [2.24, 2.45) is 5.10 Å². The Hall–Kier alpha value is -2.80. The first-order chi connectivity index (χ1) is 10.6. The molecule has 0 saturated heterocycles. The first-order valence-electron chi connectivity index (χ1n) is 6.54. The highest BCUT2D eigenvalue weighted by Gasteiger charge is 2.06. The summed E-state index contributed by atoms with van der Waals surface area (Å²) in [5.74, 6) is 0. The number of nitrogens with one attached hydrogen (secondary N) is 1. The Balaban J connectivity index is 1.77. The molecule has 0 atom stereocenters. The summed E-state index contributed by atoms with van der Waals surface area (Å²) in [6.45, 7) is 1.83. The predicted molar refractivity (Wildman–Crippen MR) is 88.6 cm³/mol. The summed E-state index contributed by atoms with van der Waals surface area (Å²) in [4.78, 5) is 14.6. The van der Waals surface area contributed by atoms with Crippen molar-refractivity contribution in [1.29, 1.82) is 0 Å². The third-order valence-corrected chi connectivity index (χ3v) is 4.05. The normalized spacial score (nSPS) is 11.6. The van der Waals surface area contributed by atoms with Crippen molar-refractivity contribution < 1.29 is 4.92 Å². The number of hydrogen-bond donors (Lipinski definition) is 1. The second kappa shape index (κ2) is 5.90. The van der Waals surface area contributed by atoms with Crippen molar-refractivity contribution in [3.8, 4) is 0 Å². The van der Waals surface area contributed by atoms with Gasteiger partial charge in [-0.1, -0.05) is 23.5 Å². The lowest BCUT2D eigenvalue weighted by Gasteiger charge is -2.01. The smallest absolute Gasteiger partial charge is 0.258 e. The highest BCUT2D eigenvalue weighted by Crippen LogP contribution is 2.25. The number of rotatable bonds is 4. The first-order valence-corrected chi connectivity index (χ1v) is 7.36. The van der Waals surface area contributed by atoms with E-state index >= 15 is 0 Å². The van der Waals surface area contributed by atoms with E-state index in [1.54, 1.807) is 12.1 Å². The third kappa shape index (κ3) is 2.94. The molecular weight excluding hydrogens is 300 g/mol. The van der Waals surface area contributed by atoms with Crippen LogP contribution in [0.3, 0.4) is 0 Å². The van der Waals surface area contributed by atoms with Crippen LogP contribution < -0.4 is 5.43 Å². The van der Waals surface area contributed by atoms with Gasteiger partial charge in [0.25, 0.3) is 5.69 Å². The molecule has 1 N–H and O–H groups in total. The van der Waals surface area contributed by atoms with Gasteiger partial charge in [-0.15, -0.1) is 0 Å². The molecule has 0 aliphatic carbocycles. The maximum absolute atomic E-state index is 10.6. The summed E-state index contributed by atoms with van der Waals surface area (Å²) >= 11 is 1.52. The van der Waals surface area contributed by atoms with Crippen molar-refractivity contribution in [1.82, 2.24) is 4.98 Å². The second-order valence-electron chi connectivity index (χ2n) is 4.60. The topological polar surface area (TPSA) is 80.4 Å². The van der Waals surface area contributed by atoms with E-state index in [-0.39, 0.29) is 5.69 Å². The lowest BCUT2D eigenvalue weighted by Crippen LogP contribution is -1.99. The van der Waals surface area contributed by atoms with Crippen molar-refractivity contribution in [3.63, 3.8) is 0 Å². The molecule has 110 valence electrons. The van der Waals surface area contributed by atoms with Gasteiger partial charge in [0.1, 0.15) is 0 Å². The number of aromatic nitrogens is 1. The Bertz CT molecular complexity index is 822. The molecule has 1 heterocycles. The largest absolute Gasteiger partial charge is 0.269 e. The van der Waals surface area contributed by atoms with Gasteiger partial charge >= 0.3 is 0 Å². The van der Waals surface area contributed by atoms with Crippen LogP contribution in [0.2, 0.25) is 0 Å². The number of benzene rings is 2. The number of non-ortho nitro benzene ring substituents is 1. The molecule has 0 fully saturated rings. The average Bonchev–Trinajstić information content (AvgIpc) is 2.95. The molecule has 0 aliphatic rings. The van der Waals surface area contributed by atoms with Crippen molar-refractivity contribution in [2.75, 3.05) is 5.43 Å². The number of nitro groups is 1. The van der Waals surface area contributed by atoms with Crippen LogP contribution in [0.5, 0.6) is 0 Å². The fourth-order valence-corrected chi connectivity index (χ4v) is 2.75. The fourth-order valence-electron chi connectivity index (χ4n) is 1.94. The first kappa shape index (κ1) is 14.2. The zero-order chi connectivity index (χ0) is 15.5. The van der Waals surface area contributed by atoms with E-state index in [4.69, 9.17) is 0 Å². The predicted octanol–water partition coefficient (Wildman–Crippen LogP) is 4.04. The third-order valence-electron chi connectivity index (χ3n) is 3.11. The van der Waals surface area contributed by atoms with Crippen LogP contribution in [-0.4, -0.2) is 15.6 Å². The van der Waals surface area contributed by atoms with E-state index in [2.05, 4.69) is 15.5 Å². The van der Waals surface area contributed by atoms with Crippen molar-refractivity contribution >= 4 is 38.1 Å². The lowest BCUT2D eigenvalue weighted by molar-refractivity contribution is -0.384. The molecule has 0 unspecified atom stereocenters. The molecule has 0 amide bonds. The molecule has 3 aromatic rings. The van der Waals surface area contributed by atoms with Crippen LogP contribution in [0.25, 0.3) is 10.2 Å². The van der Waals surface area contributed by atoms with Crippen LogP contribution in [0.4, 0.5) is 10.8 Å². The number of nitro benzene ring substituents is 1. The molecule has 1 aromatic heterocycles. The molecule has 3 rings (SSSR count). The number of hydrogen-bond acceptors (Lipinski definition) is 6. The number of para-hydroxylation sites is 1. The van der Waals surface area contributed by atoms with Gasteiger partial charge in [-0.05, 0) is 36.8 Å². The Kier molecular flexibility index (Phi) is 3.80. The minimum absolute atomic E-state index is 0.0654. The monoisotopic (exact) mass is 312 g/mol. The maximum Gasteiger partial charge on any atom is 0.269 e. The average molecular weight is 312 g/mol. The molecule has 2 aromatic carbocycles. The lowest BCUT2D eigenvalue weighted by atomic mass is 10.1. The van der Waals surface area contributed by atoms with E-state index in [1.165, 1.54) is 23.5 Å². The fraction of sp³-hybridized carbons (Fsp3) is 0.0667. The number of anilines is 1. The van der Waals surface area contributed by atoms with Gasteiger partial charge in [-0.2, -0.15) is 5.10 Å². The van der Waals surface area contributed by atoms with Gasteiger partial charge in [0, 0.05) is 12.1 Å². The summed E-state index contributed by atoms with van der Waals surface area (Å²) in [5.41, 5.74) is 5.47. The Labute approximate surface area is 130 Å². The molecule has 7 heteroatoms. The van der Waals surface area contributed by atoms with E-state index in [9.17, 15) is 10.1 Å². The highest BCUT2D eigenvalue weighted by atomic mass is 32.1. The van der Waals surface area contributed by atoms with Gasteiger partial charge in [0.05, 0.1) is 20.9 Å². The molecule has 0 radical (unpaired) electrons. The van der Waals surface area contributed by atoms with Gasteiger partial charge in [-0.3, -0.25) is 15.5 Å². The van der Waals surface area contributed by atoms with Crippen LogP contribution in [0.1, 0.15) is 12.5 Å². The SMILES string of the molecule is C/C(=N/Nc1nc2ccccc2s1)c1ccc([N+](=O)[O-])cc1. The summed E-state index contributed by atoms with van der Waals surface area (Å²) < 4.78 is 1.09.